The van der Waals surface area contributed by atoms with E-state index in [2.05, 4.69) is 9.97 Å². The molecule has 9 heteroatoms. The molecule has 1 aliphatic rings. The summed E-state index contributed by atoms with van der Waals surface area (Å²) in [5.41, 5.74) is 5.16. The van der Waals surface area contributed by atoms with Crippen LogP contribution in [0.4, 0.5) is 13.2 Å². The van der Waals surface area contributed by atoms with Crippen LogP contribution in [0.3, 0.4) is 0 Å². The molecule has 2 atom stereocenters. The van der Waals surface area contributed by atoms with Crippen molar-refractivity contribution in [3.63, 3.8) is 0 Å². The maximum absolute atomic E-state index is 12.7. The average Bonchev–Trinajstić information content (AvgIpc) is 3.36. The van der Waals surface area contributed by atoms with Gasteiger partial charge in [0.15, 0.2) is 6.10 Å². The second kappa shape index (κ2) is 8.54. The van der Waals surface area contributed by atoms with Crippen LogP contribution in [0, 0.1) is 6.92 Å². The highest BCUT2D eigenvalue weighted by Crippen LogP contribution is 2.42. The Morgan fingerprint density at radius 2 is 2.03 bits per heavy atom. The number of nitrogens with zero attached hydrogens (tertiary/aromatic N) is 2. The number of thiazole rings is 1. The van der Waals surface area contributed by atoms with E-state index in [4.69, 9.17) is 9.84 Å². The van der Waals surface area contributed by atoms with E-state index in [-0.39, 0.29) is 18.2 Å². The summed E-state index contributed by atoms with van der Waals surface area (Å²) in [5, 5.41) is 9.96. The van der Waals surface area contributed by atoms with Gasteiger partial charge in [-0.05, 0) is 55.4 Å². The Balaban J connectivity index is 1.54. The van der Waals surface area contributed by atoms with Crippen LogP contribution in [0.1, 0.15) is 42.4 Å². The van der Waals surface area contributed by atoms with Crippen molar-refractivity contribution in [3.05, 3.63) is 53.3 Å². The normalized spacial score (nSPS) is 16.6. The fraction of sp³-hybridized carbons (Fsp3) is 0.348. The molecule has 5 nitrogen and oxygen atoms in total. The third kappa shape index (κ3) is 4.48. The number of carboxylic acid groups (broad SMARTS) is 1. The maximum Gasteiger partial charge on any atom is 0.425 e. The van der Waals surface area contributed by atoms with E-state index in [1.807, 2.05) is 19.1 Å². The summed E-state index contributed by atoms with van der Waals surface area (Å²) in [6.07, 6.45) is -1.36. The Labute approximate surface area is 186 Å². The molecule has 0 amide bonds. The molecule has 0 saturated heterocycles. The monoisotopic (exact) mass is 462 g/mol. The fourth-order valence-corrected chi connectivity index (χ4v) is 4.99. The zero-order valence-electron chi connectivity index (χ0n) is 17.4. The first-order valence-corrected chi connectivity index (χ1v) is 10.9. The lowest BCUT2D eigenvalue weighted by Crippen LogP contribution is -2.31. The summed E-state index contributed by atoms with van der Waals surface area (Å²) >= 11 is 1.47. The van der Waals surface area contributed by atoms with Crippen molar-refractivity contribution in [2.24, 2.45) is 0 Å². The van der Waals surface area contributed by atoms with Gasteiger partial charge in [0.1, 0.15) is 5.01 Å². The molecule has 3 aromatic rings. The first kappa shape index (κ1) is 22.3. The van der Waals surface area contributed by atoms with Crippen molar-refractivity contribution in [2.45, 2.75) is 51.3 Å². The third-order valence-electron chi connectivity index (χ3n) is 5.75. The van der Waals surface area contributed by atoms with Gasteiger partial charge in [-0.15, -0.1) is 11.3 Å². The van der Waals surface area contributed by atoms with Crippen LogP contribution in [-0.4, -0.2) is 33.3 Å². The van der Waals surface area contributed by atoms with Gasteiger partial charge in [-0.25, -0.2) is 9.97 Å². The van der Waals surface area contributed by atoms with Crippen molar-refractivity contribution in [2.75, 3.05) is 0 Å². The van der Waals surface area contributed by atoms with Crippen LogP contribution in [0.2, 0.25) is 0 Å². The van der Waals surface area contributed by atoms with Gasteiger partial charge in [-0.3, -0.25) is 4.79 Å². The van der Waals surface area contributed by atoms with Crippen molar-refractivity contribution >= 4 is 17.3 Å². The second-order valence-corrected chi connectivity index (χ2v) is 8.89. The molecule has 2 unspecified atom stereocenters. The number of aromatic nitrogens is 2. The van der Waals surface area contributed by atoms with Crippen LogP contribution >= 0.6 is 11.3 Å². The molecule has 0 radical (unpaired) electrons. The molecular weight excluding hydrogens is 441 g/mol. The predicted molar refractivity (Wildman–Crippen MR) is 115 cm³/mol. The van der Waals surface area contributed by atoms with Crippen LogP contribution in [0.25, 0.3) is 21.0 Å². The number of fused-ring (bicyclic) bond motifs is 1. The molecule has 2 heterocycles. The van der Waals surface area contributed by atoms with E-state index in [0.717, 1.165) is 51.9 Å². The molecule has 4 rings (SSSR count). The lowest BCUT2D eigenvalue weighted by Gasteiger charge is -2.16. The standard InChI is InChI=1S/C23H21F3N2O3S/c1-12-16-5-3-14(9-21(29)30)18(16)7-6-17(12)22-28-11-19(32-22)15-4-8-20(27-10-15)31-13(2)23(24,25)26/h4,6-8,10-11,13-14H,3,5,9H2,1-2H3,(H,29,30). The van der Waals surface area contributed by atoms with E-state index >= 15 is 0 Å². The lowest BCUT2D eigenvalue weighted by atomic mass is 9.94. The molecule has 0 bridgehead atoms. The second-order valence-electron chi connectivity index (χ2n) is 7.86. The highest BCUT2D eigenvalue weighted by Gasteiger charge is 2.38. The van der Waals surface area contributed by atoms with Crippen molar-refractivity contribution in [1.29, 1.82) is 0 Å². The van der Waals surface area contributed by atoms with Crippen molar-refractivity contribution < 1.29 is 27.8 Å². The number of hydrogen-bond donors (Lipinski definition) is 1. The van der Waals surface area contributed by atoms with Crippen LogP contribution in [-0.2, 0) is 11.2 Å². The van der Waals surface area contributed by atoms with Gasteiger partial charge in [0.05, 0.1) is 11.3 Å². The van der Waals surface area contributed by atoms with Gasteiger partial charge in [-0.1, -0.05) is 12.1 Å². The number of pyridine rings is 1. The van der Waals surface area contributed by atoms with Crippen LogP contribution in [0.5, 0.6) is 5.88 Å². The molecule has 1 N–H and O–H groups in total. The Bertz CT molecular complexity index is 1140. The van der Waals surface area contributed by atoms with E-state index in [0.29, 0.717) is 0 Å². The molecule has 0 aliphatic heterocycles. The van der Waals surface area contributed by atoms with E-state index < -0.39 is 18.2 Å². The number of carbonyl (C=O) groups is 1. The number of alkyl halides is 3. The smallest absolute Gasteiger partial charge is 0.425 e. The average molecular weight is 462 g/mol. The molecule has 0 spiro atoms. The number of ether oxygens (including phenoxy) is 1. The van der Waals surface area contributed by atoms with E-state index in [9.17, 15) is 18.0 Å². The summed E-state index contributed by atoms with van der Waals surface area (Å²) in [5.74, 6) is -0.824. The molecule has 2 aromatic heterocycles. The number of benzene rings is 1. The first-order chi connectivity index (χ1) is 15.1. The minimum absolute atomic E-state index is 0.0500. The molecular formula is C23H21F3N2O3S. The fourth-order valence-electron chi connectivity index (χ4n) is 4.00. The molecule has 32 heavy (non-hydrogen) atoms. The molecule has 1 aliphatic carbocycles. The van der Waals surface area contributed by atoms with Crippen LogP contribution in [0.15, 0.2) is 36.7 Å². The summed E-state index contributed by atoms with van der Waals surface area (Å²) in [4.78, 5) is 20.5. The number of halogens is 3. The Hall–Kier alpha value is -2.94. The van der Waals surface area contributed by atoms with Crippen molar-refractivity contribution in [1.82, 2.24) is 9.97 Å². The Morgan fingerprint density at radius 1 is 1.25 bits per heavy atom. The minimum Gasteiger partial charge on any atom is -0.481 e. The largest absolute Gasteiger partial charge is 0.481 e. The summed E-state index contributed by atoms with van der Waals surface area (Å²) in [6.45, 7) is 2.97. The molecule has 0 saturated carbocycles. The lowest BCUT2D eigenvalue weighted by molar-refractivity contribution is -0.189. The first-order valence-electron chi connectivity index (χ1n) is 10.1. The Kier molecular flexibility index (Phi) is 5.94. The summed E-state index contributed by atoms with van der Waals surface area (Å²) in [7, 11) is 0. The zero-order valence-corrected chi connectivity index (χ0v) is 18.3. The topological polar surface area (TPSA) is 72.3 Å². The number of hydrogen-bond acceptors (Lipinski definition) is 5. The molecule has 1 aromatic carbocycles. The van der Waals surface area contributed by atoms with Gasteiger partial charge in [0, 0.05) is 29.6 Å². The molecule has 0 fully saturated rings. The zero-order chi connectivity index (χ0) is 23.0. The van der Waals surface area contributed by atoms with E-state index in [1.54, 1.807) is 12.3 Å². The Morgan fingerprint density at radius 3 is 2.69 bits per heavy atom. The minimum atomic E-state index is -4.45. The highest BCUT2D eigenvalue weighted by molar-refractivity contribution is 7.18. The highest BCUT2D eigenvalue weighted by atomic mass is 32.1. The predicted octanol–water partition coefficient (Wildman–Crippen LogP) is 6.01. The van der Waals surface area contributed by atoms with Gasteiger partial charge in [-0.2, -0.15) is 13.2 Å². The van der Waals surface area contributed by atoms with Gasteiger partial charge in [0.25, 0.3) is 0 Å². The maximum atomic E-state index is 12.7. The summed E-state index contributed by atoms with van der Waals surface area (Å²) in [6, 6.07) is 7.08. The summed E-state index contributed by atoms with van der Waals surface area (Å²) < 4.78 is 42.8. The number of carboxylic acids is 1. The quantitative estimate of drug-likeness (QED) is 0.485. The third-order valence-corrected chi connectivity index (χ3v) is 6.83. The van der Waals surface area contributed by atoms with Gasteiger partial charge >= 0.3 is 12.1 Å². The van der Waals surface area contributed by atoms with Crippen LogP contribution < -0.4 is 4.74 Å². The SMILES string of the molecule is Cc1c(-c2ncc(-c3ccc(OC(C)C(F)(F)F)nc3)s2)ccc2c1CCC2CC(=O)O. The van der Waals surface area contributed by atoms with Crippen molar-refractivity contribution in [3.8, 4) is 26.9 Å². The molecule has 168 valence electrons. The van der Waals surface area contributed by atoms with Gasteiger partial charge < -0.3 is 9.84 Å². The number of aliphatic carboxylic acids is 1. The number of rotatable bonds is 6. The van der Waals surface area contributed by atoms with E-state index in [1.165, 1.54) is 29.2 Å². The van der Waals surface area contributed by atoms with Gasteiger partial charge in [0.2, 0.25) is 5.88 Å².